The summed E-state index contributed by atoms with van der Waals surface area (Å²) in [6.07, 6.45) is 1.32. The highest BCUT2D eigenvalue weighted by molar-refractivity contribution is 5.25. The summed E-state index contributed by atoms with van der Waals surface area (Å²) in [7, 11) is 0. The molecule has 76 valence electrons. The average Bonchev–Trinajstić information content (AvgIpc) is 2.16. The molecular formula is C13H18O. The topological polar surface area (TPSA) is 20.2 Å². The van der Waals surface area contributed by atoms with Crippen LogP contribution in [0.3, 0.4) is 0 Å². The summed E-state index contributed by atoms with van der Waals surface area (Å²) < 4.78 is 0. The van der Waals surface area contributed by atoms with E-state index < -0.39 is 0 Å². The first-order chi connectivity index (χ1) is 6.61. The largest absolute Gasteiger partial charge is 0.389 e. The zero-order chi connectivity index (χ0) is 10.6. The molecule has 0 aliphatic heterocycles. The van der Waals surface area contributed by atoms with Crippen molar-refractivity contribution >= 4 is 0 Å². The molecule has 0 spiro atoms. The van der Waals surface area contributed by atoms with Crippen LogP contribution >= 0.6 is 0 Å². The lowest BCUT2D eigenvalue weighted by Crippen LogP contribution is -2.08. The van der Waals surface area contributed by atoms with E-state index in [1.807, 2.05) is 19.1 Å². The van der Waals surface area contributed by atoms with Gasteiger partial charge >= 0.3 is 0 Å². The maximum Gasteiger partial charge on any atom is 0.0748 e. The maximum atomic E-state index is 9.58. The van der Waals surface area contributed by atoms with Crippen LogP contribution in [0.2, 0.25) is 0 Å². The van der Waals surface area contributed by atoms with Gasteiger partial charge in [-0.25, -0.2) is 0 Å². The molecule has 0 heterocycles. The van der Waals surface area contributed by atoms with Crippen molar-refractivity contribution in [1.29, 1.82) is 0 Å². The molecule has 0 amide bonds. The predicted octanol–water partition coefficient (Wildman–Crippen LogP) is 2.86. The van der Waals surface area contributed by atoms with Crippen molar-refractivity contribution in [2.45, 2.75) is 32.8 Å². The molecule has 0 fully saturated rings. The van der Waals surface area contributed by atoms with Gasteiger partial charge in [-0.2, -0.15) is 0 Å². The molecule has 14 heavy (non-hydrogen) atoms. The molecule has 1 rings (SSSR count). The Labute approximate surface area is 86.1 Å². The minimum Gasteiger partial charge on any atom is -0.389 e. The standard InChI is InChI=1S/C13H18O/c1-10(2)13(14)9-8-12-7-5-4-6-11(12)3/h4-7,13-14H,1,8-9H2,2-3H3. The van der Waals surface area contributed by atoms with Crippen LogP contribution in [-0.2, 0) is 6.42 Å². The Kier molecular flexibility index (Phi) is 3.90. The Hall–Kier alpha value is -1.08. The van der Waals surface area contributed by atoms with Gasteiger partial charge in [-0.15, -0.1) is 0 Å². The van der Waals surface area contributed by atoms with Crippen LogP contribution in [0.4, 0.5) is 0 Å². The summed E-state index contributed by atoms with van der Waals surface area (Å²) >= 11 is 0. The first-order valence-electron chi connectivity index (χ1n) is 4.99. The van der Waals surface area contributed by atoms with Crippen LogP contribution in [-0.4, -0.2) is 11.2 Å². The highest BCUT2D eigenvalue weighted by Gasteiger charge is 2.05. The smallest absolute Gasteiger partial charge is 0.0748 e. The van der Waals surface area contributed by atoms with Gasteiger partial charge in [0.1, 0.15) is 0 Å². The van der Waals surface area contributed by atoms with Crippen molar-refractivity contribution in [2.75, 3.05) is 0 Å². The lowest BCUT2D eigenvalue weighted by Gasteiger charge is -2.11. The summed E-state index contributed by atoms with van der Waals surface area (Å²) in [5, 5.41) is 9.58. The summed E-state index contributed by atoms with van der Waals surface area (Å²) in [5.74, 6) is 0. The molecule has 0 radical (unpaired) electrons. The van der Waals surface area contributed by atoms with Gasteiger partial charge in [0.25, 0.3) is 0 Å². The van der Waals surface area contributed by atoms with Crippen molar-refractivity contribution in [1.82, 2.24) is 0 Å². The number of aliphatic hydroxyl groups is 1. The first kappa shape index (κ1) is 11.0. The number of aryl methyl sites for hydroxylation is 2. The highest BCUT2D eigenvalue weighted by Crippen LogP contribution is 2.12. The number of benzene rings is 1. The predicted molar refractivity (Wildman–Crippen MR) is 60.3 cm³/mol. The summed E-state index contributed by atoms with van der Waals surface area (Å²) in [5.41, 5.74) is 3.45. The normalized spacial score (nSPS) is 12.5. The second-order valence-corrected chi connectivity index (χ2v) is 3.83. The molecule has 1 N–H and O–H groups in total. The fraction of sp³-hybridized carbons (Fsp3) is 0.385. The molecule has 0 aromatic heterocycles. The van der Waals surface area contributed by atoms with Gasteiger partial charge in [0.2, 0.25) is 0 Å². The number of rotatable bonds is 4. The van der Waals surface area contributed by atoms with Crippen molar-refractivity contribution in [3.8, 4) is 0 Å². The molecule has 0 saturated heterocycles. The minimum absolute atomic E-state index is 0.366. The third kappa shape index (κ3) is 3.00. The Balaban J connectivity index is 2.54. The number of hydrogen-bond donors (Lipinski definition) is 1. The third-order valence-electron chi connectivity index (χ3n) is 2.52. The van der Waals surface area contributed by atoms with E-state index in [1.165, 1.54) is 11.1 Å². The summed E-state index contributed by atoms with van der Waals surface area (Å²) in [4.78, 5) is 0. The van der Waals surface area contributed by atoms with Crippen molar-refractivity contribution in [3.63, 3.8) is 0 Å². The SMILES string of the molecule is C=C(C)C(O)CCc1ccccc1C. The van der Waals surface area contributed by atoms with E-state index >= 15 is 0 Å². The van der Waals surface area contributed by atoms with E-state index in [4.69, 9.17) is 0 Å². The van der Waals surface area contributed by atoms with Gasteiger partial charge in [-0.3, -0.25) is 0 Å². The molecule has 1 atom stereocenters. The Morgan fingerprint density at radius 2 is 2.07 bits per heavy atom. The molecule has 1 aromatic rings. The number of hydrogen-bond acceptors (Lipinski definition) is 1. The molecule has 0 saturated carbocycles. The number of aliphatic hydroxyl groups excluding tert-OH is 1. The van der Waals surface area contributed by atoms with Crippen LogP contribution in [0.15, 0.2) is 36.4 Å². The van der Waals surface area contributed by atoms with Crippen molar-refractivity contribution in [3.05, 3.63) is 47.5 Å². The lowest BCUT2D eigenvalue weighted by atomic mass is 10.00. The van der Waals surface area contributed by atoms with Gasteiger partial charge in [0.15, 0.2) is 0 Å². The quantitative estimate of drug-likeness (QED) is 0.724. The van der Waals surface area contributed by atoms with Crippen LogP contribution in [0.1, 0.15) is 24.5 Å². The minimum atomic E-state index is -0.366. The van der Waals surface area contributed by atoms with Gasteiger partial charge in [-0.05, 0) is 37.8 Å². The molecule has 1 nitrogen and oxygen atoms in total. The Morgan fingerprint density at radius 1 is 1.43 bits per heavy atom. The van der Waals surface area contributed by atoms with Crippen LogP contribution in [0.25, 0.3) is 0 Å². The molecular weight excluding hydrogens is 172 g/mol. The molecule has 0 bridgehead atoms. The van der Waals surface area contributed by atoms with E-state index in [1.54, 1.807) is 0 Å². The van der Waals surface area contributed by atoms with E-state index in [2.05, 4.69) is 25.6 Å². The molecule has 1 heteroatoms. The van der Waals surface area contributed by atoms with Crippen LogP contribution in [0, 0.1) is 6.92 Å². The van der Waals surface area contributed by atoms with Gasteiger partial charge in [0, 0.05) is 0 Å². The average molecular weight is 190 g/mol. The van der Waals surface area contributed by atoms with E-state index in [9.17, 15) is 5.11 Å². The Morgan fingerprint density at radius 3 is 2.64 bits per heavy atom. The van der Waals surface area contributed by atoms with Gasteiger partial charge < -0.3 is 5.11 Å². The van der Waals surface area contributed by atoms with Crippen LogP contribution < -0.4 is 0 Å². The monoisotopic (exact) mass is 190 g/mol. The Bertz CT molecular complexity index is 315. The zero-order valence-electron chi connectivity index (χ0n) is 8.96. The first-order valence-corrected chi connectivity index (χ1v) is 4.99. The third-order valence-corrected chi connectivity index (χ3v) is 2.52. The van der Waals surface area contributed by atoms with Gasteiger partial charge in [-0.1, -0.05) is 36.4 Å². The highest BCUT2D eigenvalue weighted by atomic mass is 16.3. The lowest BCUT2D eigenvalue weighted by molar-refractivity contribution is 0.201. The van der Waals surface area contributed by atoms with Crippen molar-refractivity contribution < 1.29 is 5.11 Å². The van der Waals surface area contributed by atoms with Gasteiger partial charge in [0.05, 0.1) is 6.10 Å². The molecule has 1 unspecified atom stereocenters. The van der Waals surface area contributed by atoms with E-state index in [-0.39, 0.29) is 6.10 Å². The fourth-order valence-electron chi connectivity index (χ4n) is 1.43. The second-order valence-electron chi connectivity index (χ2n) is 3.83. The molecule has 0 aliphatic carbocycles. The van der Waals surface area contributed by atoms with E-state index in [0.29, 0.717) is 0 Å². The van der Waals surface area contributed by atoms with Crippen molar-refractivity contribution in [2.24, 2.45) is 0 Å². The summed E-state index contributed by atoms with van der Waals surface area (Å²) in [6.45, 7) is 7.70. The molecule has 1 aromatic carbocycles. The van der Waals surface area contributed by atoms with E-state index in [0.717, 1.165) is 18.4 Å². The second kappa shape index (κ2) is 4.97. The molecule has 0 aliphatic rings. The summed E-state index contributed by atoms with van der Waals surface area (Å²) in [6, 6.07) is 8.28. The fourth-order valence-corrected chi connectivity index (χ4v) is 1.43. The maximum absolute atomic E-state index is 9.58. The van der Waals surface area contributed by atoms with Crippen LogP contribution in [0.5, 0.6) is 0 Å². The zero-order valence-corrected chi connectivity index (χ0v) is 8.96.